The second kappa shape index (κ2) is 6.71. The number of hydrogen-bond donors (Lipinski definition) is 3. The second-order valence-corrected chi connectivity index (χ2v) is 6.46. The van der Waals surface area contributed by atoms with Crippen LogP contribution >= 0.6 is 0 Å². The summed E-state index contributed by atoms with van der Waals surface area (Å²) < 4.78 is 0. The molecule has 1 aromatic rings. The van der Waals surface area contributed by atoms with Crippen molar-refractivity contribution in [2.24, 2.45) is 0 Å². The zero-order valence-corrected chi connectivity index (χ0v) is 12.6. The summed E-state index contributed by atoms with van der Waals surface area (Å²) in [5, 5.41) is 17.0. The Bertz CT molecular complexity index is 453. The average molecular weight is 290 g/mol. The van der Waals surface area contributed by atoms with E-state index in [1.807, 2.05) is 6.20 Å². The van der Waals surface area contributed by atoms with Crippen LogP contribution < -0.4 is 10.6 Å². The van der Waals surface area contributed by atoms with Crippen LogP contribution in [0.4, 0.5) is 5.82 Å². The van der Waals surface area contributed by atoms with E-state index < -0.39 is 5.60 Å². The van der Waals surface area contributed by atoms with Crippen molar-refractivity contribution >= 4 is 5.82 Å². The van der Waals surface area contributed by atoms with Crippen molar-refractivity contribution in [3.63, 3.8) is 0 Å². The van der Waals surface area contributed by atoms with E-state index in [4.69, 9.17) is 4.98 Å². The molecule has 1 saturated carbocycles. The lowest BCUT2D eigenvalue weighted by Crippen LogP contribution is -2.28. The zero-order chi connectivity index (χ0) is 14.5. The maximum Gasteiger partial charge on any atom is 0.144 e. The first-order valence-corrected chi connectivity index (χ1v) is 8.24. The van der Waals surface area contributed by atoms with Gasteiger partial charge in [-0.25, -0.2) is 4.98 Å². The highest BCUT2D eigenvalue weighted by atomic mass is 16.3. The number of rotatable bonds is 5. The quantitative estimate of drug-likeness (QED) is 0.774. The van der Waals surface area contributed by atoms with E-state index in [9.17, 15) is 5.11 Å². The summed E-state index contributed by atoms with van der Waals surface area (Å²) in [6.07, 6.45) is 10.9. The Hall–Kier alpha value is -1.20. The van der Waals surface area contributed by atoms with Gasteiger partial charge in [-0.15, -0.1) is 0 Å². The van der Waals surface area contributed by atoms with Crippen LogP contribution in [0.3, 0.4) is 0 Å². The number of hydrogen-bond acceptors (Lipinski definition) is 5. The highest BCUT2D eigenvalue weighted by Crippen LogP contribution is 2.32. The lowest BCUT2D eigenvalue weighted by molar-refractivity contribution is 0.0424. The summed E-state index contributed by atoms with van der Waals surface area (Å²) in [4.78, 5) is 9.02. The van der Waals surface area contributed by atoms with E-state index in [1.54, 1.807) is 6.20 Å². The third-order valence-corrected chi connectivity index (χ3v) is 4.84. The van der Waals surface area contributed by atoms with E-state index in [0.29, 0.717) is 5.92 Å². The molecule has 0 amide bonds. The fourth-order valence-corrected chi connectivity index (χ4v) is 3.49. The molecular weight excluding hydrogens is 264 g/mol. The van der Waals surface area contributed by atoms with Crippen molar-refractivity contribution in [3.8, 4) is 0 Å². The molecule has 21 heavy (non-hydrogen) atoms. The molecule has 116 valence electrons. The van der Waals surface area contributed by atoms with E-state index in [-0.39, 0.29) is 0 Å². The van der Waals surface area contributed by atoms with Gasteiger partial charge in [0.15, 0.2) is 0 Å². The van der Waals surface area contributed by atoms with Gasteiger partial charge >= 0.3 is 0 Å². The molecule has 2 aliphatic rings. The minimum Gasteiger partial charge on any atom is -0.390 e. The SMILES string of the molecule is OC1(CCNc2cncc(C3CCNCC3)n2)CCCC1. The number of aromatic nitrogens is 2. The van der Waals surface area contributed by atoms with Crippen LogP contribution in [-0.4, -0.2) is 40.3 Å². The fraction of sp³-hybridized carbons (Fsp3) is 0.750. The molecule has 3 rings (SSSR count). The third kappa shape index (κ3) is 3.92. The number of aliphatic hydroxyl groups is 1. The summed E-state index contributed by atoms with van der Waals surface area (Å²) in [5.41, 5.74) is 0.647. The molecule has 1 aliphatic heterocycles. The number of nitrogens with one attached hydrogen (secondary N) is 2. The first kappa shape index (κ1) is 14.7. The standard InChI is InChI=1S/C16H26N4O/c21-16(5-1-2-6-16)7-10-19-15-12-18-11-14(20-15)13-3-8-17-9-4-13/h11-13,17,21H,1-10H2,(H,19,20). The summed E-state index contributed by atoms with van der Waals surface area (Å²) in [6, 6.07) is 0. The fourth-order valence-electron chi connectivity index (χ4n) is 3.49. The minimum atomic E-state index is -0.451. The van der Waals surface area contributed by atoms with Crippen LogP contribution in [0.5, 0.6) is 0 Å². The number of anilines is 1. The molecule has 0 radical (unpaired) electrons. The lowest BCUT2D eigenvalue weighted by Gasteiger charge is -2.23. The van der Waals surface area contributed by atoms with Gasteiger partial charge in [-0.05, 0) is 45.2 Å². The van der Waals surface area contributed by atoms with Gasteiger partial charge in [-0.3, -0.25) is 4.98 Å². The Labute approximate surface area is 126 Å². The molecule has 1 aliphatic carbocycles. The van der Waals surface area contributed by atoms with Crippen molar-refractivity contribution in [2.75, 3.05) is 25.0 Å². The van der Waals surface area contributed by atoms with Gasteiger partial charge in [-0.1, -0.05) is 12.8 Å². The maximum absolute atomic E-state index is 10.3. The van der Waals surface area contributed by atoms with E-state index in [0.717, 1.165) is 76.1 Å². The van der Waals surface area contributed by atoms with Crippen LogP contribution in [0.15, 0.2) is 12.4 Å². The molecule has 0 aromatic carbocycles. The van der Waals surface area contributed by atoms with Gasteiger partial charge in [0.05, 0.1) is 17.5 Å². The number of nitrogens with zero attached hydrogens (tertiary/aromatic N) is 2. The van der Waals surface area contributed by atoms with Gasteiger partial charge in [0.1, 0.15) is 5.82 Å². The molecule has 5 nitrogen and oxygen atoms in total. The predicted octanol–water partition coefficient (Wildman–Crippen LogP) is 2.05. The van der Waals surface area contributed by atoms with Crippen molar-refractivity contribution < 1.29 is 5.11 Å². The smallest absolute Gasteiger partial charge is 0.144 e. The zero-order valence-electron chi connectivity index (χ0n) is 12.6. The van der Waals surface area contributed by atoms with Crippen molar-refractivity contribution in [2.45, 2.75) is 56.5 Å². The second-order valence-electron chi connectivity index (χ2n) is 6.46. The highest BCUT2D eigenvalue weighted by Gasteiger charge is 2.30. The molecule has 0 spiro atoms. The third-order valence-electron chi connectivity index (χ3n) is 4.84. The Morgan fingerprint density at radius 2 is 2.00 bits per heavy atom. The highest BCUT2D eigenvalue weighted by molar-refractivity contribution is 5.32. The monoisotopic (exact) mass is 290 g/mol. The summed E-state index contributed by atoms with van der Waals surface area (Å²) >= 11 is 0. The molecule has 1 aromatic heterocycles. The van der Waals surface area contributed by atoms with Gasteiger partial charge in [-0.2, -0.15) is 0 Å². The number of piperidine rings is 1. The summed E-state index contributed by atoms with van der Waals surface area (Å²) in [6.45, 7) is 2.90. The molecule has 5 heteroatoms. The molecule has 2 heterocycles. The maximum atomic E-state index is 10.3. The minimum absolute atomic E-state index is 0.451. The Balaban J connectivity index is 1.53. The van der Waals surface area contributed by atoms with E-state index in [1.165, 1.54) is 0 Å². The van der Waals surface area contributed by atoms with Gasteiger partial charge in [0.25, 0.3) is 0 Å². The van der Waals surface area contributed by atoms with Gasteiger partial charge in [0, 0.05) is 18.7 Å². The molecular formula is C16H26N4O. The van der Waals surface area contributed by atoms with Crippen molar-refractivity contribution in [3.05, 3.63) is 18.1 Å². The Morgan fingerprint density at radius 3 is 2.76 bits per heavy atom. The molecule has 1 saturated heterocycles. The normalized spacial score (nSPS) is 22.3. The first-order chi connectivity index (χ1) is 10.3. The van der Waals surface area contributed by atoms with Gasteiger partial charge < -0.3 is 15.7 Å². The molecule has 0 unspecified atom stereocenters. The summed E-state index contributed by atoms with van der Waals surface area (Å²) in [7, 11) is 0. The Morgan fingerprint density at radius 1 is 1.24 bits per heavy atom. The molecule has 2 fully saturated rings. The molecule has 0 atom stereocenters. The first-order valence-electron chi connectivity index (χ1n) is 8.24. The van der Waals surface area contributed by atoms with E-state index >= 15 is 0 Å². The van der Waals surface area contributed by atoms with Crippen LogP contribution in [0.25, 0.3) is 0 Å². The van der Waals surface area contributed by atoms with Crippen LogP contribution in [0, 0.1) is 0 Å². The lowest BCUT2D eigenvalue weighted by atomic mass is 9.95. The van der Waals surface area contributed by atoms with Gasteiger partial charge in [0.2, 0.25) is 0 Å². The van der Waals surface area contributed by atoms with Crippen LogP contribution in [0.1, 0.15) is 56.6 Å². The summed E-state index contributed by atoms with van der Waals surface area (Å²) in [5.74, 6) is 1.37. The molecule has 0 bridgehead atoms. The van der Waals surface area contributed by atoms with Crippen molar-refractivity contribution in [1.82, 2.24) is 15.3 Å². The Kier molecular flexibility index (Phi) is 4.70. The van der Waals surface area contributed by atoms with Crippen LogP contribution in [0.2, 0.25) is 0 Å². The van der Waals surface area contributed by atoms with E-state index in [2.05, 4.69) is 15.6 Å². The predicted molar refractivity (Wildman–Crippen MR) is 83.4 cm³/mol. The van der Waals surface area contributed by atoms with Crippen molar-refractivity contribution in [1.29, 1.82) is 0 Å². The largest absolute Gasteiger partial charge is 0.390 e. The average Bonchev–Trinajstić information content (AvgIpc) is 2.95. The van der Waals surface area contributed by atoms with Crippen LogP contribution in [-0.2, 0) is 0 Å². The molecule has 3 N–H and O–H groups in total. The topological polar surface area (TPSA) is 70.1 Å².